The molecule has 3 fully saturated rings. The summed E-state index contributed by atoms with van der Waals surface area (Å²) in [6.07, 6.45) is 7.24. The van der Waals surface area contributed by atoms with E-state index in [0.717, 1.165) is 36.9 Å². The Morgan fingerprint density at radius 1 is 1.02 bits per heavy atom. The first-order valence-electron chi connectivity index (χ1n) is 17.8. The molecule has 0 unspecified atom stereocenters. The monoisotopic (exact) mass is 680 g/mol. The third-order valence-electron chi connectivity index (χ3n) is 10.2. The third-order valence-corrected chi connectivity index (χ3v) is 10.2. The lowest BCUT2D eigenvalue weighted by molar-refractivity contribution is -0.140. The molecule has 3 aliphatic rings. The Bertz CT molecular complexity index is 1390. The summed E-state index contributed by atoms with van der Waals surface area (Å²) in [6, 6.07) is 7.82. The number of nitrogens with one attached hydrogen (secondary N) is 2. The first kappa shape index (κ1) is 36.3. The molecule has 3 heterocycles. The molecule has 0 bridgehead atoms. The minimum absolute atomic E-state index is 0.00915. The smallest absolute Gasteiger partial charge is 0.410 e. The van der Waals surface area contributed by atoms with Crippen molar-refractivity contribution in [2.24, 2.45) is 18.9 Å². The van der Waals surface area contributed by atoms with E-state index in [4.69, 9.17) is 9.47 Å². The number of nitrogens with zero attached hydrogens (tertiary/aromatic N) is 4. The van der Waals surface area contributed by atoms with Gasteiger partial charge in [0, 0.05) is 51.4 Å². The highest BCUT2D eigenvalue weighted by Crippen LogP contribution is 2.29. The second kappa shape index (κ2) is 17.6. The van der Waals surface area contributed by atoms with Crippen LogP contribution < -0.4 is 10.6 Å². The number of aliphatic hydroxyl groups is 1. The number of morpholine rings is 1. The summed E-state index contributed by atoms with van der Waals surface area (Å²) in [6.45, 7) is 4.40. The van der Waals surface area contributed by atoms with Crippen LogP contribution in [0.15, 0.2) is 42.9 Å². The zero-order valence-electron chi connectivity index (χ0n) is 28.8. The van der Waals surface area contributed by atoms with Crippen LogP contribution in [0.1, 0.15) is 63.1 Å². The number of aliphatic hydroxyl groups excluding tert-OH is 1. The Morgan fingerprint density at radius 2 is 1.76 bits per heavy atom. The average Bonchev–Trinajstić information content (AvgIpc) is 3.71. The second-order valence-electron chi connectivity index (χ2n) is 13.7. The lowest BCUT2D eigenvalue weighted by Crippen LogP contribution is -2.57. The highest BCUT2D eigenvalue weighted by Gasteiger charge is 2.41. The number of imidazole rings is 1. The van der Waals surface area contributed by atoms with Gasteiger partial charge in [-0.15, -0.1) is 0 Å². The zero-order valence-corrected chi connectivity index (χ0v) is 28.8. The maximum absolute atomic E-state index is 14.2. The van der Waals surface area contributed by atoms with Crippen LogP contribution in [0.25, 0.3) is 0 Å². The molecule has 268 valence electrons. The number of rotatable bonds is 15. The number of hydrogen-bond acceptors (Lipinski definition) is 8. The van der Waals surface area contributed by atoms with Crippen LogP contribution >= 0.6 is 0 Å². The van der Waals surface area contributed by atoms with E-state index in [1.54, 1.807) is 22.0 Å². The minimum atomic E-state index is -1.13. The van der Waals surface area contributed by atoms with E-state index in [9.17, 15) is 24.3 Å². The number of ether oxygens (including phenoxy) is 2. The van der Waals surface area contributed by atoms with Gasteiger partial charge in [0.15, 0.2) is 0 Å². The molecule has 13 heteroatoms. The molecule has 1 aliphatic carbocycles. The van der Waals surface area contributed by atoms with Gasteiger partial charge in [-0.1, -0.05) is 62.4 Å². The zero-order chi connectivity index (χ0) is 34.8. The van der Waals surface area contributed by atoms with Crippen molar-refractivity contribution in [3.05, 3.63) is 54.1 Å². The quantitative estimate of drug-likeness (QED) is 0.259. The Morgan fingerprint density at radius 3 is 2.41 bits per heavy atom. The molecular formula is C36H52N6O7. The van der Waals surface area contributed by atoms with Gasteiger partial charge in [0.1, 0.15) is 18.2 Å². The van der Waals surface area contributed by atoms with Crippen LogP contribution in [0.5, 0.6) is 0 Å². The van der Waals surface area contributed by atoms with E-state index in [1.807, 2.05) is 44.3 Å². The number of carbonyl (C=O) groups excluding carboxylic acids is 4. The highest BCUT2D eigenvalue weighted by atomic mass is 16.6. The van der Waals surface area contributed by atoms with Crippen LogP contribution in [0.2, 0.25) is 0 Å². The summed E-state index contributed by atoms with van der Waals surface area (Å²) in [4.78, 5) is 61.6. The number of aromatic nitrogens is 2. The maximum Gasteiger partial charge on any atom is 0.410 e. The van der Waals surface area contributed by atoms with Crippen molar-refractivity contribution in [3.63, 3.8) is 0 Å². The molecule has 49 heavy (non-hydrogen) atoms. The van der Waals surface area contributed by atoms with Crippen LogP contribution in [0.4, 0.5) is 4.79 Å². The summed E-state index contributed by atoms with van der Waals surface area (Å²) in [7, 11) is 1.82. The topological polar surface area (TPSA) is 155 Å². The van der Waals surface area contributed by atoms with Gasteiger partial charge in [-0.2, -0.15) is 0 Å². The minimum Gasteiger partial charge on any atom is -0.441 e. The van der Waals surface area contributed by atoms with Crippen molar-refractivity contribution in [1.29, 1.82) is 0 Å². The molecule has 1 saturated carbocycles. The molecule has 1 aromatic heterocycles. The molecule has 2 aromatic rings. The first-order valence-corrected chi connectivity index (χ1v) is 17.8. The normalized spacial score (nSPS) is 21.0. The molecule has 1 aromatic carbocycles. The largest absolute Gasteiger partial charge is 0.441 e. The van der Waals surface area contributed by atoms with Gasteiger partial charge in [0.25, 0.3) is 0 Å². The average molecular weight is 681 g/mol. The molecule has 4 amide bonds. The molecule has 2 aliphatic heterocycles. The fraction of sp³-hybridized carbons (Fsp3) is 0.639. The molecule has 3 N–H and O–H groups in total. The van der Waals surface area contributed by atoms with Crippen LogP contribution in [-0.2, 0) is 43.7 Å². The highest BCUT2D eigenvalue weighted by molar-refractivity contribution is 5.91. The predicted octanol–water partition coefficient (Wildman–Crippen LogP) is 2.21. The summed E-state index contributed by atoms with van der Waals surface area (Å²) in [5.41, 5.74) is 1.64. The van der Waals surface area contributed by atoms with Gasteiger partial charge in [0.2, 0.25) is 17.7 Å². The number of benzene rings is 1. The fourth-order valence-electron chi connectivity index (χ4n) is 7.18. The molecular weight excluding hydrogens is 628 g/mol. The van der Waals surface area contributed by atoms with Crippen molar-refractivity contribution in [2.45, 2.75) is 89.0 Å². The number of cyclic esters (lactones) is 1. The molecule has 5 rings (SSSR count). The van der Waals surface area contributed by atoms with Crippen molar-refractivity contribution in [3.8, 4) is 0 Å². The van der Waals surface area contributed by atoms with Crippen molar-refractivity contribution >= 4 is 23.8 Å². The SMILES string of the molecule is CCN1C[C@@H]([C@H](O)[C@H](CC2CCCCC2)NC(=O)[C@H](Cc2cncn2C)NC(=O)[C@@H](CC(=O)N2CCOCC2)Cc2ccccc2)OC1=O. The van der Waals surface area contributed by atoms with Gasteiger partial charge in [0.05, 0.1) is 38.0 Å². The van der Waals surface area contributed by atoms with Crippen LogP contribution in [0.3, 0.4) is 0 Å². The predicted molar refractivity (Wildman–Crippen MR) is 181 cm³/mol. The van der Waals surface area contributed by atoms with E-state index >= 15 is 0 Å². The maximum atomic E-state index is 14.2. The van der Waals surface area contributed by atoms with Gasteiger partial charge in [-0.05, 0) is 31.2 Å². The summed E-state index contributed by atoms with van der Waals surface area (Å²) in [5, 5.41) is 17.7. The molecule has 5 atom stereocenters. The van der Waals surface area contributed by atoms with Crippen LogP contribution in [0, 0.1) is 11.8 Å². The Balaban J connectivity index is 1.36. The lowest BCUT2D eigenvalue weighted by Gasteiger charge is -2.33. The Kier molecular flexibility index (Phi) is 13.1. The summed E-state index contributed by atoms with van der Waals surface area (Å²) in [5.74, 6) is -1.40. The summed E-state index contributed by atoms with van der Waals surface area (Å²) >= 11 is 0. The molecule has 13 nitrogen and oxygen atoms in total. The van der Waals surface area contributed by atoms with E-state index in [2.05, 4.69) is 15.6 Å². The Hall–Kier alpha value is -3.97. The molecule has 0 radical (unpaired) electrons. The number of hydrogen-bond donors (Lipinski definition) is 3. The number of likely N-dealkylation sites (N-methyl/N-ethyl adjacent to an activating group) is 1. The van der Waals surface area contributed by atoms with Gasteiger partial charge < -0.3 is 39.6 Å². The van der Waals surface area contributed by atoms with Crippen LogP contribution in [-0.4, -0.2) is 112 Å². The van der Waals surface area contributed by atoms with Gasteiger partial charge >= 0.3 is 6.09 Å². The standard InChI is InChI=1S/C36H52N6O7/c1-3-41-23-31(49-36(41)47)33(44)29(19-26-12-8-5-9-13-26)38-35(46)30(21-28-22-37-24-40(28)2)39-34(45)27(18-25-10-6-4-7-11-25)20-32(43)42-14-16-48-17-15-42/h4,6-7,10-11,22,24,26-27,29-31,33,44H,3,5,8-9,12-21,23H2,1-2H3,(H,38,46)(H,39,45)/t27-,29+,30+,31+,33-/m1/s1. The number of carbonyl (C=O) groups is 4. The Labute approximate surface area is 288 Å². The lowest BCUT2D eigenvalue weighted by atomic mass is 9.83. The van der Waals surface area contributed by atoms with Crippen molar-refractivity contribution in [2.75, 3.05) is 39.4 Å². The van der Waals surface area contributed by atoms with E-state index in [-0.39, 0.29) is 25.3 Å². The van der Waals surface area contributed by atoms with Crippen molar-refractivity contribution < 1.29 is 33.8 Å². The van der Waals surface area contributed by atoms with E-state index in [1.165, 1.54) is 11.3 Å². The fourth-order valence-corrected chi connectivity index (χ4v) is 7.18. The summed E-state index contributed by atoms with van der Waals surface area (Å²) < 4.78 is 12.7. The van der Waals surface area contributed by atoms with Crippen molar-refractivity contribution in [1.82, 2.24) is 30.0 Å². The third kappa shape index (κ3) is 10.0. The molecule has 2 saturated heterocycles. The van der Waals surface area contributed by atoms with Gasteiger partial charge in [-0.3, -0.25) is 14.4 Å². The van der Waals surface area contributed by atoms with Gasteiger partial charge in [-0.25, -0.2) is 9.78 Å². The van der Waals surface area contributed by atoms with E-state index < -0.39 is 48.1 Å². The second-order valence-corrected chi connectivity index (χ2v) is 13.7. The number of amides is 4. The van der Waals surface area contributed by atoms with E-state index in [0.29, 0.717) is 51.6 Å². The number of aryl methyl sites for hydroxylation is 1. The first-order chi connectivity index (χ1) is 23.7. The molecule has 0 spiro atoms.